The number of nitrogens with one attached hydrogen (secondary N) is 2. The number of likely N-dealkylation sites (tertiary alicyclic amines) is 1. The highest BCUT2D eigenvalue weighted by Crippen LogP contribution is 2.45. The number of phenolic OH excluding ortho intramolecular Hbond substituents is 2. The van der Waals surface area contributed by atoms with E-state index in [2.05, 4.69) is 66.8 Å². The number of phenols is 2. The number of carbonyl (C=O) groups excluding carboxylic acids is 2. The maximum atomic E-state index is 13.4. The summed E-state index contributed by atoms with van der Waals surface area (Å²) in [6.07, 6.45) is 7.71. The maximum Gasteiger partial charge on any atom is 0.262 e. The van der Waals surface area contributed by atoms with Crippen molar-refractivity contribution in [1.82, 2.24) is 15.1 Å². The first-order chi connectivity index (χ1) is 25.2. The number of benzene rings is 3. The maximum absolute atomic E-state index is 13.4. The van der Waals surface area contributed by atoms with E-state index in [-0.39, 0.29) is 35.6 Å². The first-order valence-corrected chi connectivity index (χ1v) is 19.1. The smallest absolute Gasteiger partial charge is 0.262 e. The Bertz CT molecular complexity index is 1610. The Balaban J connectivity index is 1.07. The second kappa shape index (κ2) is 19.1. The minimum absolute atomic E-state index is 0.00902. The number of piperidine rings is 1. The van der Waals surface area contributed by atoms with Crippen LogP contribution in [0.4, 0.5) is 5.69 Å². The van der Waals surface area contributed by atoms with Gasteiger partial charge in [-0.1, -0.05) is 68.3 Å². The van der Waals surface area contributed by atoms with Gasteiger partial charge in [-0.25, -0.2) is 0 Å². The van der Waals surface area contributed by atoms with Crippen LogP contribution in [0.1, 0.15) is 81.0 Å². The van der Waals surface area contributed by atoms with Gasteiger partial charge in [0.15, 0.2) is 12.4 Å². The number of rotatable bonds is 19. The molecule has 10 nitrogen and oxygen atoms in total. The van der Waals surface area contributed by atoms with Crippen LogP contribution in [-0.2, 0) is 32.6 Å². The van der Waals surface area contributed by atoms with Crippen molar-refractivity contribution >= 4 is 17.5 Å². The van der Waals surface area contributed by atoms with Crippen molar-refractivity contribution in [1.29, 1.82) is 0 Å². The normalized spacial score (nSPS) is 16.1. The summed E-state index contributed by atoms with van der Waals surface area (Å²) in [7, 11) is 2.16. The van der Waals surface area contributed by atoms with E-state index in [9.17, 15) is 19.8 Å². The van der Waals surface area contributed by atoms with Crippen LogP contribution >= 0.6 is 0 Å². The number of hydrogen-bond donors (Lipinski definition) is 4. The van der Waals surface area contributed by atoms with Gasteiger partial charge in [0.1, 0.15) is 17.2 Å². The van der Waals surface area contributed by atoms with Crippen LogP contribution in [-0.4, -0.2) is 97.5 Å². The Morgan fingerprint density at radius 2 is 1.79 bits per heavy atom. The molecule has 2 aliphatic rings. The summed E-state index contributed by atoms with van der Waals surface area (Å²) in [5, 5.41) is 27.4. The average Bonchev–Trinajstić information content (AvgIpc) is 3.15. The molecule has 282 valence electrons. The summed E-state index contributed by atoms with van der Waals surface area (Å²) in [5.74, 6) is 0.693. The molecule has 1 fully saturated rings. The minimum Gasteiger partial charge on any atom is -0.508 e. The van der Waals surface area contributed by atoms with Crippen LogP contribution in [0.25, 0.3) is 0 Å². The Hall–Kier alpha value is -4.12. The molecule has 0 aromatic heterocycles. The molecule has 2 aliphatic heterocycles. The lowest BCUT2D eigenvalue weighted by Gasteiger charge is -2.42. The molecule has 0 aliphatic carbocycles. The van der Waals surface area contributed by atoms with Crippen molar-refractivity contribution in [2.75, 3.05) is 64.9 Å². The van der Waals surface area contributed by atoms with E-state index in [1.54, 1.807) is 6.07 Å². The molecular weight excluding hydrogens is 656 g/mol. The van der Waals surface area contributed by atoms with Crippen LogP contribution in [0.5, 0.6) is 17.2 Å². The van der Waals surface area contributed by atoms with Crippen LogP contribution in [0.3, 0.4) is 0 Å². The van der Waals surface area contributed by atoms with Crippen molar-refractivity contribution < 1.29 is 29.3 Å². The molecule has 1 atom stereocenters. The van der Waals surface area contributed by atoms with Crippen molar-refractivity contribution in [3.8, 4) is 17.2 Å². The molecule has 3 aromatic rings. The zero-order chi connectivity index (χ0) is 36.9. The van der Waals surface area contributed by atoms with Gasteiger partial charge in [0.25, 0.3) is 5.91 Å². The molecule has 0 bridgehead atoms. The van der Waals surface area contributed by atoms with Crippen molar-refractivity contribution in [3.05, 3.63) is 82.9 Å². The number of carbonyl (C=O) groups is 2. The molecule has 0 saturated carbocycles. The first kappa shape index (κ1) is 39.1. The molecular formula is C42H58N4O6. The minimum atomic E-state index is -0.284. The monoisotopic (exact) mass is 714 g/mol. The molecule has 0 spiro atoms. The summed E-state index contributed by atoms with van der Waals surface area (Å²) >= 11 is 0. The Labute approximate surface area is 309 Å². The summed E-state index contributed by atoms with van der Waals surface area (Å²) in [4.78, 5) is 29.5. The number of fused-ring (bicyclic) bond motifs is 1. The topological polar surface area (TPSA) is 124 Å². The quantitative estimate of drug-likeness (QED) is 0.0879. The highest BCUT2D eigenvalue weighted by molar-refractivity contribution is 5.97. The predicted molar refractivity (Wildman–Crippen MR) is 205 cm³/mol. The SMILES string of the molecule is CCCC[C@@H](C)N(CCNCCc1ccc(O)c2c1OCC(=O)N2)C(=O)CCOCCCc1ccc(O)c(C2(c3ccccc3)CCN(C)CC2)c1. The molecule has 1 saturated heterocycles. The summed E-state index contributed by atoms with van der Waals surface area (Å²) < 4.78 is 11.6. The van der Waals surface area contributed by atoms with Gasteiger partial charge in [-0.05, 0) is 101 Å². The number of aromatic hydroxyl groups is 2. The van der Waals surface area contributed by atoms with Crippen molar-refractivity contribution in [3.63, 3.8) is 0 Å². The van der Waals surface area contributed by atoms with E-state index in [0.717, 1.165) is 69.2 Å². The third kappa shape index (κ3) is 10.1. The predicted octanol–water partition coefficient (Wildman–Crippen LogP) is 6.02. The van der Waals surface area contributed by atoms with Crippen LogP contribution < -0.4 is 15.4 Å². The Morgan fingerprint density at radius 3 is 2.56 bits per heavy atom. The second-order valence-electron chi connectivity index (χ2n) is 14.4. The number of aryl methyl sites for hydroxylation is 1. The van der Waals surface area contributed by atoms with Gasteiger partial charge in [-0.3, -0.25) is 9.59 Å². The number of nitrogens with zero attached hydrogens (tertiary/aromatic N) is 2. The lowest BCUT2D eigenvalue weighted by Crippen LogP contribution is -2.43. The number of ether oxygens (including phenoxy) is 2. The van der Waals surface area contributed by atoms with Gasteiger partial charge >= 0.3 is 0 Å². The molecule has 52 heavy (non-hydrogen) atoms. The molecule has 4 N–H and O–H groups in total. The molecule has 0 radical (unpaired) electrons. The van der Waals surface area contributed by atoms with E-state index in [0.29, 0.717) is 62.9 Å². The zero-order valence-electron chi connectivity index (χ0n) is 31.3. The largest absolute Gasteiger partial charge is 0.508 e. The molecule has 0 unspecified atom stereocenters. The third-order valence-electron chi connectivity index (χ3n) is 10.7. The average molecular weight is 715 g/mol. The van der Waals surface area contributed by atoms with Crippen molar-refractivity contribution in [2.24, 2.45) is 0 Å². The van der Waals surface area contributed by atoms with E-state index in [1.807, 2.05) is 29.2 Å². The van der Waals surface area contributed by atoms with Gasteiger partial charge in [-0.15, -0.1) is 0 Å². The lowest BCUT2D eigenvalue weighted by atomic mass is 9.67. The lowest BCUT2D eigenvalue weighted by molar-refractivity contribution is -0.134. The van der Waals surface area contributed by atoms with Gasteiger partial charge in [-0.2, -0.15) is 0 Å². The fraction of sp³-hybridized carbons (Fsp3) is 0.524. The van der Waals surface area contributed by atoms with Crippen LogP contribution in [0, 0.1) is 0 Å². The summed E-state index contributed by atoms with van der Waals surface area (Å²) in [6, 6.07) is 20.2. The molecule has 10 heteroatoms. The highest BCUT2D eigenvalue weighted by atomic mass is 16.5. The number of anilines is 1. The van der Waals surface area contributed by atoms with E-state index < -0.39 is 0 Å². The zero-order valence-corrected chi connectivity index (χ0v) is 31.3. The van der Waals surface area contributed by atoms with Gasteiger partial charge in [0, 0.05) is 36.7 Å². The fourth-order valence-electron chi connectivity index (χ4n) is 7.58. The molecule has 5 rings (SSSR count). The Kier molecular flexibility index (Phi) is 14.4. The third-order valence-corrected chi connectivity index (χ3v) is 10.7. The number of hydrogen-bond acceptors (Lipinski definition) is 8. The Morgan fingerprint density at radius 1 is 1.02 bits per heavy atom. The first-order valence-electron chi connectivity index (χ1n) is 19.1. The highest BCUT2D eigenvalue weighted by Gasteiger charge is 2.39. The van der Waals surface area contributed by atoms with Crippen LogP contribution in [0.15, 0.2) is 60.7 Å². The van der Waals surface area contributed by atoms with Gasteiger partial charge in [0.2, 0.25) is 5.91 Å². The second-order valence-corrected chi connectivity index (χ2v) is 14.4. The van der Waals surface area contributed by atoms with E-state index in [1.165, 1.54) is 11.1 Å². The molecule has 3 aromatic carbocycles. The molecule has 2 amide bonds. The summed E-state index contributed by atoms with van der Waals surface area (Å²) in [6.45, 7) is 9.07. The van der Waals surface area contributed by atoms with E-state index >= 15 is 0 Å². The van der Waals surface area contributed by atoms with Gasteiger partial charge < -0.3 is 40.1 Å². The van der Waals surface area contributed by atoms with Crippen LogP contribution in [0.2, 0.25) is 0 Å². The van der Waals surface area contributed by atoms with Gasteiger partial charge in [0.05, 0.1) is 13.0 Å². The summed E-state index contributed by atoms with van der Waals surface area (Å²) in [5.41, 5.74) is 4.49. The van der Waals surface area contributed by atoms with Crippen molar-refractivity contribution in [2.45, 2.75) is 83.1 Å². The number of amides is 2. The standard InChI is InChI=1S/C42H58N4O6/c1-4-5-10-31(2)46(26-23-43-22-18-33-15-17-37(48)40-41(33)52-30-38(49)44-40)39(50)19-28-51-27-9-11-32-14-16-36(47)35(29-32)42(20-24-45(3)25-21-42)34-12-7-6-8-13-34/h6-8,12-17,29,31,43,47-48H,4-5,9-11,18-28,30H2,1-3H3,(H,44,49)/t31-/m1/s1. The fourth-order valence-corrected chi connectivity index (χ4v) is 7.58. The van der Waals surface area contributed by atoms with E-state index in [4.69, 9.17) is 9.47 Å². The number of unbranched alkanes of at least 4 members (excludes halogenated alkanes) is 1. The molecule has 2 heterocycles.